The number of ketones is 1. The molecule has 2 aromatic carbocycles. The van der Waals surface area contributed by atoms with E-state index < -0.39 is 0 Å². The fourth-order valence-corrected chi connectivity index (χ4v) is 3.37. The molecule has 1 saturated heterocycles. The van der Waals surface area contributed by atoms with Crippen LogP contribution in [0, 0.1) is 0 Å². The van der Waals surface area contributed by atoms with Crippen LogP contribution in [0.1, 0.15) is 38.3 Å². The highest BCUT2D eigenvalue weighted by atomic mass is 16.5. The number of ether oxygens (including phenoxy) is 2. The van der Waals surface area contributed by atoms with Crippen LogP contribution in [0.25, 0.3) is 6.08 Å². The van der Waals surface area contributed by atoms with Crippen LogP contribution in [0.2, 0.25) is 0 Å². The Balaban J connectivity index is 1.78. The molecule has 3 rings (SSSR count). The molecular formula is C24H29NO3. The molecular weight excluding hydrogens is 350 g/mol. The van der Waals surface area contributed by atoms with E-state index in [9.17, 15) is 4.79 Å². The lowest BCUT2D eigenvalue weighted by Crippen LogP contribution is -2.35. The maximum absolute atomic E-state index is 12.5. The second-order valence-electron chi connectivity index (χ2n) is 7.34. The molecule has 1 aliphatic heterocycles. The number of rotatable bonds is 7. The van der Waals surface area contributed by atoms with E-state index >= 15 is 0 Å². The maximum atomic E-state index is 12.5. The van der Waals surface area contributed by atoms with Crippen LogP contribution in [-0.4, -0.2) is 36.5 Å². The summed E-state index contributed by atoms with van der Waals surface area (Å²) >= 11 is 0. The van der Waals surface area contributed by atoms with Crippen LogP contribution in [0.5, 0.6) is 11.5 Å². The molecule has 28 heavy (non-hydrogen) atoms. The molecule has 0 aromatic heterocycles. The minimum atomic E-state index is 0.0786. The van der Waals surface area contributed by atoms with Gasteiger partial charge in [0.25, 0.3) is 0 Å². The number of likely N-dealkylation sites (tertiary alicyclic amines) is 1. The lowest BCUT2D eigenvalue weighted by atomic mass is 9.99. The number of nitrogens with zero attached hydrogens (tertiary/aromatic N) is 1. The molecule has 0 bridgehead atoms. The number of Topliss-reactive ketones (excluding diaryl/α,β-unsaturated/α-hetero) is 1. The minimum absolute atomic E-state index is 0.0786. The van der Waals surface area contributed by atoms with Crippen LogP contribution in [0.15, 0.2) is 54.1 Å². The number of benzene rings is 2. The first-order chi connectivity index (χ1) is 13.5. The summed E-state index contributed by atoms with van der Waals surface area (Å²) in [4.78, 5) is 14.8. The van der Waals surface area contributed by atoms with Gasteiger partial charge in [0.1, 0.15) is 0 Å². The van der Waals surface area contributed by atoms with Gasteiger partial charge < -0.3 is 9.47 Å². The summed E-state index contributed by atoms with van der Waals surface area (Å²) in [5.74, 6) is 1.68. The molecule has 2 aromatic rings. The normalized spacial score (nSPS) is 16.6. The van der Waals surface area contributed by atoms with Gasteiger partial charge in [-0.05, 0) is 50.1 Å². The first-order valence-electron chi connectivity index (χ1n) is 9.98. The highest BCUT2D eigenvalue weighted by Crippen LogP contribution is 2.30. The van der Waals surface area contributed by atoms with Gasteiger partial charge in [0.15, 0.2) is 17.3 Å². The van der Waals surface area contributed by atoms with Crippen molar-refractivity contribution in [3.8, 4) is 11.5 Å². The van der Waals surface area contributed by atoms with E-state index in [1.165, 1.54) is 5.56 Å². The topological polar surface area (TPSA) is 38.8 Å². The molecule has 148 valence electrons. The number of hydrogen-bond acceptors (Lipinski definition) is 4. The Morgan fingerprint density at radius 1 is 1.11 bits per heavy atom. The molecule has 1 aliphatic rings. The number of carbonyl (C=O) groups is 1. The molecule has 0 aliphatic carbocycles. The summed E-state index contributed by atoms with van der Waals surface area (Å²) in [7, 11) is 0. The van der Waals surface area contributed by atoms with Crippen LogP contribution < -0.4 is 9.47 Å². The van der Waals surface area contributed by atoms with Crippen molar-refractivity contribution in [3.63, 3.8) is 0 Å². The lowest BCUT2D eigenvalue weighted by Gasteiger charge is -2.28. The van der Waals surface area contributed by atoms with Crippen molar-refractivity contribution < 1.29 is 14.3 Å². The highest BCUT2D eigenvalue weighted by Gasteiger charge is 2.21. The van der Waals surface area contributed by atoms with Crippen molar-refractivity contribution in [2.24, 2.45) is 0 Å². The second-order valence-corrected chi connectivity index (χ2v) is 7.34. The average Bonchev–Trinajstić information content (AvgIpc) is 2.67. The number of piperidine rings is 1. The molecule has 0 atom stereocenters. The van der Waals surface area contributed by atoms with E-state index in [0.29, 0.717) is 19.6 Å². The molecule has 1 heterocycles. The van der Waals surface area contributed by atoms with Gasteiger partial charge in [0, 0.05) is 31.6 Å². The Kier molecular flexibility index (Phi) is 6.88. The average molecular weight is 380 g/mol. The van der Waals surface area contributed by atoms with E-state index in [0.717, 1.165) is 35.7 Å². The quantitative estimate of drug-likeness (QED) is 0.652. The van der Waals surface area contributed by atoms with E-state index in [-0.39, 0.29) is 11.9 Å². The smallest absolute Gasteiger partial charge is 0.161 e. The van der Waals surface area contributed by atoms with Crippen molar-refractivity contribution in [2.45, 2.75) is 39.8 Å². The van der Waals surface area contributed by atoms with Gasteiger partial charge in [-0.25, -0.2) is 0 Å². The Morgan fingerprint density at radius 3 is 2.61 bits per heavy atom. The monoisotopic (exact) mass is 379 g/mol. The lowest BCUT2D eigenvalue weighted by molar-refractivity contribution is -0.117. The second kappa shape index (κ2) is 9.56. The third-order valence-electron chi connectivity index (χ3n) is 4.63. The van der Waals surface area contributed by atoms with E-state index in [2.05, 4.69) is 29.2 Å². The summed E-state index contributed by atoms with van der Waals surface area (Å²) in [6.07, 6.45) is 2.63. The van der Waals surface area contributed by atoms with Gasteiger partial charge >= 0.3 is 0 Å². The molecule has 4 nitrogen and oxygen atoms in total. The first kappa shape index (κ1) is 20.2. The number of carbonyl (C=O) groups excluding carboxylic acids is 1. The summed E-state index contributed by atoms with van der Waals surface area (Å²) in [5.41, 5.74) is 3.08. The van der Waals surface area contributed by atoms with E-state index in [4.69, 9.17) is 9.47 Å². The third-order valence-corrected chi connectivity index (χ3v) is 4.63. The van der Waals surface area contributed by atoms with Crippen LogP contribution >= 0.6 is 0 Å². The molecule has 1 fully saturated rings. The summed E-state index contributed by atoms with van der Waals surface area (Å²) in [5, 5.41) is 0. The fraction of sp³-hybridized carbons (Fsp3) is 0.375. The zero-order valence-electron chi connectivity index (χ0n) is 17.0. The Bertz CT molecular complexity index is 827. The summed E-state index contributed by atoms with van der Waals surface area (Å²) < 4.78 is 11.6. The van der Waals surface area contributed by atoms with Gasteiger partial charge in [-0.2, -0.15) is 0 Å². The van der Waals surface area contributed by atoms with Crippen molar-refractivity contribution in [2.75, 3.05) is 19.7 Å². The highest BCUT2D eigenvalue weighted by molar-refractivity contribution is 6.00. The molecule has 4 heteroatoms. The number of hydrogen-bond donors (Lipinski definition) is 0. The molecule has 0 spiro atoms. The van der Waals surface area contributed by atoms with E-state index in [1.54, 1.807) is 0 Å². The fourth-order valence-electron chi connectivity index (χ4n) is 3.37. The summed E-state index contributed by atoms with van der Waals surface area (Å²) in [6.45, 7) is 8.84. The van der Waals surface area contributed by atoms with Crippen LogP contribution in [0.3, 0.4) is 0 Å². The van der Waals surface area contributed by atoms with E-state index in [1.807, 2.05) is 51.1 Å². The SMILES string of the molecule is CCOc1cc(/C=C2\CN(Cc3ccccc3)CCC2=O)ccc1OC(C)C. The third kappa shape index (κ3) is 5.46. The minimum Gasteiger partial charge on any atom is -0.490 e. The Labute approximate surface area is 167 Å². The molecule has 0 saturated carbocycles. The largest absolute Gasteiger partial charge is 0.490 e. The van der Waals surface area contributed by atoms with Crippen molar-refractivity contribution in [1.82, 2.24) is 4.90 Å². The molecule has 0 unspecified atom stereocenters. The van der Waals surface area contributed by atoms with Crippen molar-refractivity contribution in [1.29, 1.82) is 0 Å². The molecule has 0 radical (unpaired) electrons. The first-order valence-corrected chi connectivity index (χ1v) is 9.98. The van der Waals surface area contributed by atoms with Gasteiger partial charge in [-0.15, -0.1) is 0 Å². The Morgan fingerprint density at radius 2 is 1.89 bits per heavy atom. The molecule has 0 N–H and O–H groups in total. The maximum Gasteiger partial charge on any atom is 0.161 e. The standard InChI is InChI=1S/C24H29NO3/c1-4-27-24-15-20(10-11-23(24)28-18(2)3)14-21-17-25(13-12-22(21)26)16-19-8-6-5-7-9-19/h5-11,14-15,18H,4,12-13,16-17H2,1-3H3/b21-14+. The zero-order valence-corrected chi connectivity index (χ0v) is 17.0. The van der Waals surface area contributed by atoms with Crippen molar-refractivity contribution >= 4 is 11.9 Å². The molecule has 0 amide bonds. The van der Waals surface area contributed by atoms with Crippen LogP contribution in [-0.2, 0) is 11.3 Å². The van der Waals surface area contributed by atoms with Gasteiger partial charge in [-0.3, -0.25) is 9.69 Å². The predicted octanol–water partition coefficient (Wildman–Crippen LogP) is 4.73. The van der Waals surface area contributed by atoms with Gasteiger partial charge in [0.05, 0.1) is 12.7 Å². The van der Waals surface area contributed by atoms with Gasteiger partial charge in [0.2, 0.25) is 0 Å². The zero-order chi connectivity index (χ0) is 19.9. The predicted molar refractivity (Wildman–Crippen MR) is 113 cm³/mol. The Hall–Kier alpha value is -2.59. The van der Waals surface area contributed by atoms with Crippen molar-refractivity contribution in [3.05, 3.63) is 65.2 Å². The van der Waals surface area contributed by atoms with Gasteiger partial charge in [-0.1, -0.05) is 36.4 Å². The summed E-state index contributed by atoms with van der Waals surface area (Å²) in [6, 6.07) is 16.2. The van der Waals surface area contributed by atoms with Crippen LogP contribution in [0.4, 0.5) is 0 Å².